The Morgan fingerprint density at radius 2 is 1.76 bits per heavy atom. The quantitative estimate of drug-likeness (QED) is 0.490. The van der Waals surface area contributed by atoms with Gasteiger partial charge in [0.25, 0.3) is 5.56 Å². The van der Waals surface area contributed by atoms with Gasteiger partial charge in [-0.25, -0.2) is 9.36 Å². The predicted octanol–water partition coefficient (Wildman–Crippen LogP) is 4.59. The fourth-order valence-corrected chi connectivity index (χ4v) is 4.07. The molecule has 0 aliphatic rings. The monoisotopic (exact) mass is 416 g/mol. The number of nitrogens with zero attached hydrogens (tertiary/aromatic N) is 2. The van der Waals surface area contributed by atoms with E-state index in [1.54, 1.807) is 11.4 Å². The first-order valence-electron chi connectivity index (χ1n) is 8.72. The summed E-state index contributed by atoms with van der Waals surface area (Å²) >= 11 is 1.15. The Bertz CT molecular complexity index is 1330. The largest absolute Gasteiger partial charge is 0.416 e. The topological polar surface area (TPSA) is 44.0 Å². The highest BCUT2D eigenvalue weighted by Crippen LogP contribution is 2.30. The van der Waals surface area contributed by atoms with Crippen LogP contribution >= 0.6 is 11.3 Å². The molecule has 4 nitrogen and oxygen atoms in total. The first-order valence-corrected chi connectivity index (χ1v) is 9.60. The maximum atomic E-state index is 13.2. The Morgan fingerprint density at radius 1 is 1.00 bits per heavy atom. The van der Waals surface area contributed by atoms with Gasteiger partial charge in [-0.3, -0.25) is 9.36 Å². The molecule has 0 aliphatic heterocycles. The van der Waals surface area contributed by atoms with Crippen molar-refractivity contribution in [3.05, 3.63) is 97.5 Å². The third-order valence-corrected chi connectivity index (χ3v) is 5.67. The Hall–Kier alpha value is -3.13. The number of halogens is 3. The van der Waals surface area contributed by atoms with Crippen molar-refractivity contribution in [2.45, 2.75) is 19.6 Å². The molecule has 8 heteroatoms. The van der Waals surface area contributed by atoms with Crippen molar-refractivity contribution in [3.8, 4) is 5.69 Å². The maximum Gasteiger partial charge on any atom is 0.416 e. The minimum absolute atomic E-state index is 0.108. The summed E-state index contributed by atoms with van der Waals surface area (Å²) in [6.45, 7) is 2.12. The molecule has 2 aromatic carbocycles. The van der Waals surface area contributed by atoms with E-state index in [1.807, 2.05) is 31.2 Å². The van der Waals surface area contributed by atoms with Gasteiger partial charge in [-0.1, -0.05) is 30.3 Å². The van der Waals surface area contributed by atoms with Gasteiger partial charge in [-0.05, 0) is 47.7 Å². The maximum absolute atomic E-state index is 13.2. The zero-order valence-corrected chi connectivity index (χ0v) is 16.1. The normalized spacial score (nSPS) is 11.9. The van der Waals surface area contributed by atoms with Gasteiger partial charge >= 0.3 is 11.9 Å². The van der Waals surface area contributed by atoms with Crippen LogP contribution in [0.25, 0.3) is 15.9 Å². The van der Waals surface area contributed by atoms with Crippen LogP contribution in [-0.4, -0.2) is 9.13 Å². The molecule has 0 saturated heterocycles. The standard InChI is InChI=1S/C21H15F3N2O2S/c1-13-5-2-3-6-14(13)12-25-17-9-10-29-18(17)19(27)26(20(25)28)16-8-4-7-15(11-16)21(22,23)24/h2-11H,12H2,1H3. The van der Waals surface area contributed by atoms with Crippen molar-refractivity contribution < 1.29 is 13.2 Å². The van der Waals surface area contributed by atoms with Crippen molar-refractivity contribution in [2.24, 2.45) is 0 Å². The van der Waals surface area contributed by atoms with Crippen LogP contribution in [0.4, 0.5) is 13.2 Å². The summed E-state index contributed by atoms with van der Waals surface area (Å²) in [4.78, 5) is 26.2. The fourth-order valence-electron chi connectivity index (χ4n) is 3.25. The number of aromatic nitrogens is 2. The summed E-state index contributed by atoms with van der Waals surface area (Å²) in [6.07, 6.45) is -4.58. The van der Waals surface area contributed by atoms with Gasteiger partial charge in [0.05, 0.1) is 23.3 Å². The van der Waals surface area contributed by atoms with E-state index >= 15 is 0 Å². The molecule has 0 N–H and O–H groups in total. The van der Waals surface area contributed by atoms with Crippen LogP contribution in [0.3, 0.4) is 0 Å². The first kappa shape index (κ1) is 19.2. The van der Waals surface area contributed by atoms with Crippen molar-refractivity contribution in [2.75, 3.05) is 0 Å². The van der Waals surface area contributed by atoms with Crippen LogP contribution in [0.15, 0.2) is 69.6 Å². The van der Waals surface area contributed by atoms with Crippen molar-refractivity contribution >= 4 is 21.6 Å². The van der Waals surface area contributed by atoms with Gasteiger partial charge < -0.3 is 0 Å². The lowest BCUT2D eigenvalue weighted by atomic mass is 10.1. The van der Waals surface area contributed by atoms with Gasteiger partial charge in [0.15, 0.2) is 0 Å². The van der Waals surface area contributed by atoms with Crippen LogP contribution in [0.2, 0.25) is 0 Å². The van der Waals surface area contributed by atoms with Crippen LogP contribution < -0.4 is 11.2 Å². The Labute approximate surface area is 167 Å². The van der Waals surface area contributed by atoms with E-state index in [0.29, 0.717) is 10.2 Å². The summed E-state index contributed by atoms with van der Waals surface area (Å²) in [7, 11) is 0. The van der Waals surface area contributed by atoms with Crippen LogP contribution in [0.1, 0.15) is 16.7 Å². The van der Waals surface area contributed by atoms with Gasteiger partial charge in [0, 0.05) is 0 Å². The highest BCUT2D eigenvalue weighted by Gasteiger charge is 2.31. The van der Waals surface area contributed by atoms with E-state index in [1.165, 1.54) is 16.7 Å². The van der Waals surface area contributed by atoms with E-state index < -0.39 is 23.0 Å². The molecule has 4 rings (SSSR count). The fraction of sp³-hybridized carbons (Fsp3) is 0.143. The molecular formula is C21H15F3N2O2S. The number of fused-ring (bicyclic) bond motifs is 1. The van der Waals surface area contributed by atoms with E-state index in [9.17, 15) is 22.8 Å². The molecule has 0 amide bonds. The summed E-state index contributed by atoms with van der Waals surface area (Å²) < 4.78 is 41.9. The number of benzene rings is 2. The number of hydrogen-bond acceptors (Lipinski definition) is 3. The van der Waals surface area contributed by atoms with Crippen LogP contribution in [0.5, 0.6) is 0 Å². The third-order valence-electron chi connectivity index (χ3n) is 4.78. The molecule has 0 bridgehead atoms. The smallest absolute Gasteiger partial charge is 0.288 e. The molecule has 0 unspecified atom stereocenters. The zero-order valence-electron chi connectivity index (χ0n) is 15.2. The number of rotatable bonds is 3. The lowest BCUT2D eigenvalue weighted by Crippen LogP contribution is -2.38. The summed E-state index contributed by atoms with van der Waals surface area (Å²) in [5.41, 5.74) is -0.00190. The number of thiophene rings is 1. The average Bonchev–Trinajstić information content (AvgIpc) is 3.16. The summed E-state index contributed by atoms with van der Waals surface area (Å²) in [6, 6.07) is 13.4. The number of alkyl halides is 3. The second-order valence-corrected chi connectivity index (χ2v) is 7.53. The van der Waals surface area contributed by atoms with E-state index in [0.717, 1.165) is 39.2 Å². The molecule has 0 saturated carbocycles. The molecule has 0 fully saturated rings. The first-order chi connectivity index (χ1) is 13.8. The lowest BCUT2D eigenvalue weighted by molar-refractivity contribution is -0.137. The molecule has 4 aromatic rings. The molecular weight excluding hydrogens is 401 g/mol. The molecule has 148 valence electrons. The average molecular weight is 416 g/mol. The van der Waals surface area contributed by atoms with Gasteiger partial charge in [-0.2, -0.15) is 13.2 Å². The molecule has 0 atom stereocenters. The Morgan fingerprint density at radius 3 is 2.48 bits per heavy atom. The van der Waals surface area contributed by atoms with Gasteiger partial charge in [0.2, 0.25) is 0 Å². The molecule has 0 spiro atoms. The molecule has 2 aromatic heterocycles. The molecule has 2 heterocycles. The minimum atomic E-state index is -4.58. The van der Waals surface area contributed by atoms with Crippen molar-refractivity contribution in [1.29, 1.82) is 0 Å². The van der Waals surface area contributed by atoms with Crippen LogP contribution in [-0.2, 0) is 12.7 Å². The number of aryl methyl sites for hydroxylation is 1. The summed E-state index contributed by atoms with van der Waals surface area (Å²) in [5.74, 6) is 0. The second kappa shape index (κ2) is 7.04. The molecule has 29 heavy (non-hydrogen) atoms. The lowest BCUT2D eigenvalue weighted by Gasteiger charge is -2.14. The molecule has 0 radical (unpaired) electrons. The van der Waals surface area contributed by atoms with E-state index in [-0.39, 0.29) is 12.2 Å². The number of hydrogen-bond donors (Lipinski definition) is 0. The highest BCUT2D eigenvalue weighted by atomic mass is 32.1. The SMILES string of the molecule is Cc1ccccc1Cn1c(=O)n(-c2cccc(C(F)(F)F)c2)c(=O)c2sccc21. The minimum Gasteiger partial charge on any atom is -0.288 e. The van der Waals surface area contributed by atoms with Crippen molar-refractivity contribution in [3.63, 3.8) is 0 Å². The second-order valence-electron chi connectivity index (χ2n) is 6.62. The predicted molar refractivity (Wildman–Crippen MR) is 107 cm³/mol. The third kappa shape index (κ3) is 3.40. The van der Waals surface area contributed by atoms with Crippen LogP contribution in [0, 0.1) is 6.92 Å². The zero-order chi connectivity index (χ0) is 20.8. The summed E-state index contributed by atoms with van der Waals surface area (Å²) in [5, 5.41) is 1.69. The van der Waals surface area contributed by atoms with Gasteiger partial charge in [0.1, 0.15) is 4.70 Å². The highest BCUT2D eigenvalue weighted by molar-refractivity contribution is 7.17. The molecule has 0 aliphatic carbocycles. The van der Waals surface area contributed by atoms with E-state index in [4.69, 9.17) is 0 Å². The Kier molecular flexibility index (Phi) is 4.66. The Balaban J connectivity index is 1.99. The van der Waals surface area contributed by atoms with E-state index in [2.05, 4.69) is 0 Å². The van der Waals surface area contributed by atoms with Crippen molar-refractivity contribution in [1.82, 2.24) is 9.13 Å². The van der Waals surface area contributed by atoms with Gasteiger partial charge in [-0.15, -0.1) is 11.3 Å².